The van der Waals surface area contributed by atoms with Gasteiger partial charge in [-0.25, -0.2) is 12.7 Å². The van der Waals surface area contributed by atoms with Crippen molar-refractivity contribution in [3.63, 3.8) is 0 Å². The molecule has 1 atom stereocenters. The van der Waals surface area contributed by atoms with Crippen LogP contribution in [0, 0.1) is 5.92 Å². The van der Waals surface area contributed by atoms with Crippen molar-refractivity contribution in [2.24, 2.45) is 5.92 Å². The molecule has 7 heteroatoms. The molecule has 0 unspecified atom stereocenters. The molecule has 0 aromatic heterocycles. The van der Waals surface area contributed by atoms with Gasteiger partial charge >= 0.3 is 0 Å². The first-order valence-electron chi connectivity index (χ1n) is 7.40. The summed E-state index contributed by atoms with van der Waals surface area (Å²) < 4.78 is 30.4. The van der Waals surface area contributed by atoms with Crippen LogP contribution in [-0.4, -0.2) is 56.7 Å². The van der Waals surface area contributed by atoms with Crippen molar-refractivity contribution in [2.75, 3.05) is 32.0 Å². The van der Waals surface area contributed by atoms with Crippen molar-refractivity contribution in [2.45, 2.75) is 38.7 Å². The van der Waals surface area contributed by atoms with Crippen LogP contribution in [0.4, 0.5) is 0 Å². The molecule has 0 spiro atoms. The zero-order valence-electron chi connectivity index (χ0n) is 12.0. The summed E-state index contributed by atoms with van der Waals surface area (Å²) in [4.78, 5) is 12.0. The monoisotopic (exact) mass is 304 g/mol. The maximum absolute atomic E-state index is 12.0. The highest BCUT2D eigenvalue weighted by Gasteiger charge is 2.30. The molecule has 2 heterocycles. The summed E-state index contributed by atoms with van der Waals surface area (Å²) in [5.74, 6) is 0.0943. The number of rotatable bonds is 5. The van der Waals surface area contributed by atoms with Gasteiger partial charge < -0.3 is 10.1 Å². The Kier molecular flexibility index (Phi) is 5.40. The van der Waals surface area contributed by atoms with Crippen molar-refractivity contribution in [1.82, 2.24) is 9.62 Å². The standard InChI is InChI=1S/C13H24N2O4S/c1-2-20(17,18)15-7-5-11(6-8-15)13(16)14-10-12-4-3-9-19-12/h11-12H,2-10H2,1H3,(H,14,16)/t12-/m1/s1. The average molecular weight is 304 g/mol. The number of piperidine rings is 1. The highest BCUT2D eigenvalue weighted by Crippen LogP contribution is 2.20. The Morgan fingerprint density at radius 3 is 2.55 bits per heavy atom. The molecule has 6 nitrogen and oxygen atoms in total. The highest BCUT2D eigenvalue weighted by molar-refractivity contribution is 7.89. The summed E-state index contributed by atoms with van der Waals surface area (Å²) in [6, 6.07) is 0. The summed E-state index contributed by atoms with van der Waals surface area (Å²) in [5, 5.41) is 2.93. The van der Waals surface area contributed by atoms with Crippen LogP contribution in [0.1, 0.15) is 32.6 Å². The minimum Gasteiger partial charge on any atom is -0.376 e. The van der Waals surface area contributed by atoms with Crippen molar-refractivity contribution in [3.05, 3.63) is 0 Å². The Balaban J connectivity index is 1.74. The van der Waals surface area contributed by atoms with Gasteiger partial charge in [-0.2, -0.15) is 0 Å². The second kappa shape index (κ2) is 6.87. The molecule has 1 N–H and O–H groups in total. The number of nitrogens with zero attached hydrogens (tertiary/aromatic N) is 1. The second-order valence-electron chi connectivity index (χ2n) is 5.45. The number of amides is 1. The van der Waals surface area contributed by atoms with E-state index in [0.717, 1.165) is 19.4 Å². The lowest BCUT2D eigenvalue weighted by molar-refractivity contribution is -0.126. The molecule has 0 aromatic rings. The number of sulfonamides is 1. The summed E-state index contributed by atoms with van der Waals surface area (Å²) in [6.07, 6.45) is 3.44. The van der Waals surface area contributed by atoms with E-state index >= 15 is 0 Å². The first-order chi connectivity index (χ1) is 9.53. The molecule has 1 amide bonds. The summed E-state index contributed by atoms with van der Waals surface area (Å²) in [6.45, 7) is 3.91. The average Bonchev–Trinajstić information content (AvgIpc) is 2.98. The highest BCUT2D eigenvalue weighted by atomic mass is 32.2. The van der Waals surface area contributed by atoms with Gasteiger partial charge in [0, 0.05) is 32.2 Å². The van der Waals surface area contributed by atoms with E-state index in [1.165, 1.54) is 4.31 Å². The molecule has 2 aliphatic heterocycles. The van der Waals surface area contributed by atoms with E-state index in [1.807, 2.05) is 0 Å². The van der Waals surface area contributed by atoms with Gasteiger partial charge in [-0.3, -0.25) is 4.79 Å². The third kappa shape index (κ3) is 3.93. The smallest absolute Gasteiger partial charge is 0.223 e. The number of hydrogen-bond donors (Lipinski definition) is 1. The number of hydrogen-bond acceptors (Lipinski definition) is 4. The minimum atomic E-state index is -3.11. The van der Waals surface area contributed by atoms with Gasteiger partial charge in [0.1, 0.15) is 0 Å². The molecule has 2 aliphatic rings. The number of carbonyl (C=O) groups is 1. The predicted octanol–water partition coefficient (Wildman–Crippen LogP) is 0.343. The minimum absolute atomic E-state index is 0.0362. The van der Waals surface area contributed by atoms with Crippen molar-refractivity contribution < 1.29 is 17.9 Å². The first-order valence-corrected chi connectivity index (χ1v) is 9.01. The summed E-state index contributed by atoms with van der Waals surface area (Å²) in [7, 11) is -3.11. The molecule has 20 heavy (non-hydrogen) atoms. The molecular weight excluding hydrogens is 280 g/mol. The topological polar surface area (TPSA) is 75.7 Å². The zero-order chi connectivity index (χ0) is 14.6. The fourth-order valence-corrected chi connectivity index (χ4v) is 3.88. The van der Waals surface area contributed by atoms with Crippen LogP contribution in [-0.2, 0) is 19.6 Å². The fraction of sp³-hybridized carbons (Fsp3) is 0.923. The van der Waals surface area contributed by atoms with E-state index in [9.17, 15) is 13.2 Å². The Labute approximate surface area is 120 Å². The first kappa shape index (κ1) is 15.7. The van der Waals surface area contributed by atoms with Gasteiger partial charge in [0.25, 0.3) is 0 Å². The molecule has 2 fully saturated rings. The molecule has 2 saturated heterocycles. The maximum atomic E-state index is 12.0. The number of ether oxygens (including phenoxy) is 1. The summed E-state index contributed by atoms with van der Waals surface area (Å²) in [5.41, 5.74) is 0. The predicted molar refractivity (Wildman–Crippen MR) is 75.7 cm³/mol. The van der Waals surface area contributed by atoms with Gasteiger partial charge in [0.05, 0.1) is 11.9 Å². The van der Waals surface area contributed by atoms with Crippen molar-refractivity contribution in [1.29, 1.82) is 0 Å². The second-order valence-corrected chi connectivity index (χ2v) is 7.71. The van der Waals surface area contributed by atoms with E-state index in [0.29, 0.717) is 32.5 Å². The third-order valence-electron chi connectivity index (χ3n) is 4.11. The quantitative estimate of drug-likeness (QED) is 0.795. The van der Waals surface area contributed by atoms with Crippen molar-refractivity contribution in [3.8, 4) is 0 Å². The van der Waals surface area contributed by atoms with Crippen LogP contribution in [0.5, 0.6) is 0 Å². The van der Waals surface area contributed by atoms with Crippen LogP contribution >= 0.6 is 0 Å². The van der Waals surface area contributed by atoms with Gasteiger partial charge in [-0.1, -0.05) is 0 Å². The normalized spacial score (nSPS) is 25.8. The molecule has 0 saturated carbocycles. The maximum Gasteiger partial charge on any atom is 0.223 e. The Bertz CT molecular complexity index is 424. The fourth-order valence-electron chi connectivity index (χ4n) is 2.74. The van der Waals surface area contributed by atoms with Crippen molar-refractivity contribution >= 4 is 15.9 Å². The van der Waals surface area contributed by atoms with Crippen LogP contribution in [0.25, 0.3) is 0 Å². The van der Waals surface area contributed by atoms with Gasteiger partial charge in [-0.15, -0.1) is 0 Å². The Morgan fingerprint density at radius 2 is 2.00 bits per heavy atom. The van der Waals surface area contributed by atoms with Crippen LogP contribution < -0.4 is 5.32 Å². The van der Waals surface area contributed by atoms with Crippen LogP contribution in [0.15, 0.2) is 0 Å². The molecule has 116 valence electrons. The molecule has 2 rings (SSSR count). The number of carbonyl (C=O) groups excluding carboxylic acids is 1. The lowest BCUT2D eigenvalue weighted by Crippen LogP contribution is -2.44. The Hall–Kier alpha value is -0.660. The van der Waals surface area contributed by atoms with Crippen LogP contribution in [0.2, 0.25) is 0 Å². The molecular formula is C13H24N2O4S. The van der Waals surface area contributed by atoms with E-state index in [1.54, 1.807) is 6.92 Å². The molecule has 0 aliphatic carbocycles. The van der Waals surface area contributed by atoms with E-state index in [2.05, 4.69) is 5.32 Å². The molecule has 0 bridgehead atoms. The van der Waals surface area contributed by atoms with E-state index < -0.39 is 10.0 Å². The van der Waals surface area contributed by atoms with Crippen LogP contribution in [0.3, 0.4) is 0 Å². The van der Waals surface area contributed by atoms with Gasteiger partial charge in [-0.05, 0) is 32.6 Å². The molecule has 0 aromatic carbocycles. The SMILES string of the molecule is CCS(=O)(=O)N1CCC(C(=O)NC[C@H]2CCCO2)CC1. The Morgan fingerprint density at radius 1 is 1.30 bits per heavy atom. The third-order valence-corrected chi connectivity index (χ3v) is 5.99. The lowest BCUT2D eigenvalue weighted by atomic mass is 9.97. The van der Waals surface area contributed by atoms with Gasteiger partial charge in [0.2, 0.25) is 15.9 Å². The van der Waals surface area contributed by atoms with E-state index in [-0.39, 0.29) is 23.7 Å². The molecule has 0 radical (unpaired) electrons. The number of nitrogens with one attached hydrogen (secondary N) is 1. The van der Waals surface area contributed by atoms with E-state index in [4.69, 9.17) is 4.74 Å². The largest absolute Gasteiger partial charge is 0.376 e. The van der Waals surface area contributed by atoms with Gasteiger partial charge in [0.15, 0.2) is 0 Å². The lowest BCUT2D eigenvalue weighted by Gasteiger charge is -2.30. The zero-order valence-corrected chi connectivity index (χ0v) is 12.8. The summed E-state index contributed by atoms with van der Waals surface area (Å²) >= 11 is 0.